The number of halogens is 2. The van der Waals surface area contributed by atoms with Gasteiger partial charge in [-0.2, -0.15) is 5.10 Å². The molecule has 0 heterocycles. The standard InChI is InChI=1S/C16H15BrFN3O2/c1-10(20-12-5-2-4-11(18)8-12)16(23)21-19-9-13-14(17)6-3-7-15(13)22/h2-10,20,22H,1H3,(H,21,23). The molecule has 0 aliphatic carbocycles. The van der Waals surface area contributed by atoms with Crippen LogP contribution in [0.5, 0.6) is 5.75 Å². The fraction of sp³-hybridized carbons (Fsp3) is 0.125. The maximum Gasteiger partial charge on any atom is 0.262 e. The van der Waals surface area contributed by atoms with Crippen molar-refractivity contribution >= 4 is 33.7 Å². The molecule has 0 bridgehead atoms. The Hall–Kier alpha value is -2.41. The van der Waals surface area contributed by atoms with E-state index in [1.54, 1.807) is 31.2 Å². The summed E-state index contributed by atoms with van der Waals surface area (Å²) in [6.45, 7) is 1.63. The van der Waals surface area contributed by atoms with Crippen LogP contribution in [0, 0.1) is 5.82 Å². The number of phenols is 1. The first-order valence-electron chi connectivity index (χ1n) is 6.80. The monoisotopic (exact) mass is 379 g/mol. The van der Waals surface area contributed by atoms with Gasteiger partial charge in [-0.3, -0.25) is 4.79 Å². The summed E-state index contributed by atoms with van der Waals surface area (Å²) in [7, 11) is 0. The molecular weight excluding hydrogens is 365 g/mol. The van der Waals surface area contributed by atoms with Gasteiger partial charge in [0, 0.05) is 10.2 Å². The molecule has 5 nitrogen and oxygen atoms in total. The van der Waals surface area contributed by atoms with Gasteiger partial charge in [0.25, 0.3) is 5.91 Å². The molecule has 0 aromatic heterocycles. The smallest absolute Gasteiger partial charge is 0.262 e. The summed E-state index contributed by atoms with van der Waals surface area (Å²) in [5, 5.41) is 16.4. The second-order valence-electron chi connectivity index (χ2n) is 4.78. The summed E-state index contributed by atoms with van der Waals surface area (Å²) in [6.07, 6.45) is 1.34. The minimum Gasteiger partial charge on any atom is -0.507 e. The Morgan fingerprint density at radius 2 is 2.09 bits per heavy atom. The van der Waals surface area contributed by atoms with Crippen LogP contribution in [-0.2, 0) is 4.79 Å². The molecule has 0 saturated heterocycles. The summed E-state index contributed by atoms with van der Waals surface area (Å²) in [4.78, 5) is 11.9. The van der Waals surface area contributed by atoms with Crippen LogP contribution in [0.15, 0.2) is 52.0 Å². The SMILES string of the molecule is CC(Nc1cccc(F)c1)C(=O)NN=Cc1c(O)cccc1Br. The molecular formula is C16H15BrFN3O2. The van der Waals surface area contributed by atoms with E-state index < -0.39 is 11.9 Å². The molecule has 0 aliphatic heterocycles. The van der Waals surface area contributed by atoms with Crippen LogP contribution in [0.3, 0.4) is 0 Å². The van der Waals surface area contributed by atoms with Crippen LogP contribution in [0.1, 0.15) is 12.5 Å². The Balaban J connectivity index is 1.95. The number of anilines is 1. The number of carbonyl (C=O) groups excluding carboxylic acids is 1. The lowest BCUT2D eigenvalue weighted by Crippen LogP contribution is -2.34. The zero-order valence-electron chi connectivity index (χ0n) is 12.3. The Labute approximate surface area is 141 Å². The third kappa shape index (κ3) is 4.79. The van der Waals surface area contributed by atoms with E-state index in [0.29, 0.717) is 15.7 Å². The van der Waals surface area contributed by atoms with E-state index in [2.05, 4.69) is 31.8 Å². The molecule has 2 rings (SSSR count). The highest BCUT2D eigenvalue weighted by Gasteiger charge is 2.12. The number of carbonyl (C=O) groups is 1. The predicted molar refractivity (Wildman–Crippen MR) is 91.0 cm³/mol. The molecule has 23 heavy (non-hydrogen) atoms. The molecule has 120 valence electrons. The van der Waals surface area contributed by atoms with Gasteiger partial charge < -0.3 is 10.4 Å². The van der Waals surface area contributed by atoms with Gasteiger partial charge in [0.1, 0.15) is 17.6 Å². The lowest BCUT2D eigenvalue weighted by atomic mass is 10.2. The Morgan fingerprint density at radius 3 is 2.78 bits per heavy atom. The third-order valence-electron chi connectivity index (χ3n) is 3.00. The van der Waals surface area contributed by atoms with Crippen molar-refractivity contribution in [2.75, 3.05) is 5.32 Å². The van der Waals surface area contributed by atoms with Crippen molar-refractivity contribution < 1.29 is 14.3 Å². The lowest BCUT2D eigenvalue weighted by Gasteiger charge is -2.13. The van der Waals surface area contributed by atoms with E-state index in [1.807, 2.05) is 0 Å². The quantitative estimate of drug-likeness (QED) is 0.551. The highest BCUT2D eigenvalue weighted by atomic mass is 79.9. The minimum absolute atomic E-state index is 0.0447. The first-order chi connectivity index (χ1) is 11.0. The van der Waals surface area contributed by atoms with Crippen molar-refractivity contribution in [1.29, 1.82) is 0 Å². The average molecular weight is 380 g/mol. The molecule has 1 atom stereocenters. The number of hydrogen-bond donors (Lipinski definition) is 3. The van der Waals surface area contributed by atoms with Gasteiger partial charge in [-0.15, -0.1) is 0 Å². The van der Waals surface area contributed by atoms with Crippen LogP contribution in [-0.4, -0.2) is 23.3 Å². The zero-order valence-corrected chi connectivity index (χ0v) is 13.8. The Kier molecular flexibility index (Phi) is 5.70. The van der Waals surface area contributed by atoms with Crippen LogP contribution in [0.2, 0.25) is 0 Å². The highest BCUT2D eigenvalue weighted by molar-refractivity contribution is 9.10. The first-order valence-corrected chi connectivity index (χ1v) is 7.59. The van der Waals surface area contributed by atoms with Crippen LogP contribution < -0.4 is 10.7 Å². The van der Waals surface area contributed by atoms with Gasteiger partial charge in [0.2, 0.25) is 0 Å². The van der Waals surface area contributed by atoms with E-state index in [9.17, 15) is 14.3 Å². The maximum atomic E-state index is 13.1. The van der Waals surface area contributed by atoms with E-state index >= 15 is 0 Å². The van der Waals surface area contributed by atoms with Crippen molar-refractivity contribution in [2.45, 2.75) is 13.0 Å². The topological polar surface area (TPSA) is 73.7 Å². The second kappa shape index (κ2) is 7.73. The number of rotatable bonds is 5. The summed E-state index contributed by atoms with van der Waals surface area (Å²) in [5.41, 5.74) is 3.32. The summed E-state index contributed by atoms with van der Waals surface area (Å²) in [6, 6.07) is 10.2. The van der Waals surface area contributed by atoms with Crippen molar-refractivity contribution in [3.8, 4) is 5.75 Å². The van der Waals surface area contributed by atoms with Crippen molar-refractivity contribution in [2.24, 2.45) is 5.10 Å². The van der Waals surface area contributed by atoms with Gasteiger partial charge >= 0.3 is 0 Å². The van der Waals surface area contributed by atoms with Gasteiger partial charge in [-0.25, -0.2) is 9.82 Å². The number of amides is 1. The third-order valence-corrected chi connectivity index (χ3v) is 3.69. The number of benzene rings is 2. The molecule has 0 aliphatic rings. The van der Waals surface area contributed by atoms with E-state index in [4.69, 9.17) is 0 Å². The van der Waals surface area contributed by atoms with Gasteiger partial charge in [0.15, 0.2) is 0 Å². The lowest BCUT2D eigenvalue weighted by molar-refractivity contribution is -0.121. The number of aromatic hydroxyl groups is 1. The zero-order chi connectivity index (χ0) is 16.8. The van der Waals surface area contributed by atoms with Crippen LogP contribution in [0.4, 0.5) is 10.1 Å². The second-order valence-corrected chi connectivity index (χ2v) is 5.64. The van der Waals surface area contributed by atoms with Gasteiger partial charge in [0.05, 0.1) is 11.8 Å². The number of nitrogens with one attached hydrogen (secondary N) is 2. The molecule has 0 radical (unpaired) electrons. The van der Waals surface area contributed by atoms with Crippen LogP contribution in [0.25, 0.3) is 0 Å². The highest BCUT2D eigenvalue weighted by Crippen LogP contribution is 2.23. The molecule has 3 N–H and O–H groups in total. The minimum atomic E-state index is -0.609. The fourth-order valence-electron chi connectivity index (χ4n) is 1.80. The molecule has 1 unspecified atom stereocenters. The number of phenolic OH excluding ortho intramolecular Hbond substituents is 1. The van der Waals surface area contributed by atoms with E-state index in [1.165, 1.54) is 24.4 Å². The van der Waals surface area contributed by atoms with Crippen molar-refractivity contribution in [1.82, 2.24) is 5.43 Å². The molecule has 7 heteroatoms. The predicted octanol–water partition coefficient (Wildman–Crippen LogP) is 3.24. The van der Waals surface area contributed by atoms with Crippen molar-refractivity contribution in [3.05, 3.63) is 58.3 Å². The summed E-state index contributed by atoms with van der Waals surface area (Å²) >= 11 is 3.28. The number of hydrazone groups is 1. The molecule has 0 saturated carbocycles. The number of hydrogen-bond acceptors (Lipinski definition) is 4. The van der Waals surface area contributed by atoms with Gasteiger partial charge in [-0.1, -0.05) is 12.1 Å². The number of nitrogens with zero attached hydrogens (tertiary/aromatic N) is 1. The molecule has 0 fully saturated rings. The molecule has 2 aromatic rings. The van der Waals surface area contributed by atoms with Gasteiger partial charge in [-0.05, 0) is 53.2 Å². The Morgan fingerprint density at radius 1 is 1.35 bits per heavy atom. The fourth-order valence-corrected chi connectivity index (χ4v) is 2.26. The normalized spacial score (nSPS) is 12.1. The van der Waals surface area contributed by atoms with E-state index in [-0.39, 0.29) is 11.6 Å². The average Bonchev–Trinajstić information content (AvgIpc) is 2.50. The Bertz CT molecular complexity index is 717. The largest absolute Gasteiger partial charge is 0.507 e. The maximum absolute atomic E-state index is 13.1. The van der Waals surface area contributed by atoms with Crippen molar-refractivity contribution in [3.63, 3.8) is 0 Å². The van der Waals surface area contributed by atoms with E-state index in [0.717, 1.165) is 0 Å². The first kappa shape index (κ1) is 17.0. The molecule has 2 aromatic carbocycles. The molecule has 0 spiro atoms. The molecule has 1 amide bonds. The summed E-state index contributed by atoms with van der Waals surface area (Å²) < 4.78 is 13.7. The summed E-state index contributed by atoms with van der Waals surface area (Å²) in [5.74, 6) is -0.731. The van der Waals surface area contributed by atoms with Crippen LogP contribution >= 0.6 is 15.9 Å².